The van der Waals surface area contributed by atoms with E-state index in [4.69, 9.17) is 41.4 Å². The Labute approximate surface area is 657 Å². The van der Waals surface area contributed by atoms with Crippen LogP contribution < -0.4 is 43.8 Å². The van der Waals surface area contributed by atoms with Crippen molar-refractivity contribution in [2.75, 3.05) is 56.9 Å². The minimum absolute atomic E-state index is 0.00606. The van der Waals surface area contributed by atoms with Crippen LogP contribution in [0.1, 0.15) is 121 Å². The number of nitrogens with two attached hydrogens (primary N) is 3. The number of piperazine rings is 1. The molecule has 0 spiro atoms. The van der Waals surface area contributed by atoms with Gasteiger partial charge in [-0.05, 0) is 73.6 Å². The van der Waals surface area contributed by atoms with Gasteiger partial charge in [-0.1, -0.05) is 49.0 Å². The highest BCUT2D eigenvalue weighted by atomic mass is 32.2. The molecule has 0 saturated carbocycles. The van der Waals surface area contributed by atoms with Gasteiger partial charge in [-0.3, -0.25) is 52.8 Å². The number of nitrogens with zero attached hydrogens (tertiary/aromatic N) is 8. The number of H-pyrrole nitrogens is 1. The van der Waals surface area contributed by atoms with Gasteiger partial charge in [0.25, 0.3) is 29.5 Å². The van der Waals surface area contributed by atoms with Crippen LogP contribution in [0.2, 0.25) is 0 Å². The molecular weight excluding hydrogens is 1550 g/mol. The smallest absolute Gasteiger partial charge is 0.410 e. The van der Waals surface area contributed by atoms with Gasteiger partial charge >= 0.3 is 24.2 Å². The van der Waals surface area contributed by atoms with E-state index >= 15 is 0 Å². The van der Waals surface area contributed by atoms with Crippen LogP contribution in [0.3, 0.4) is 0 Å². The van der Waals surface area contributed by atoms with Crippen LogP contribution in [0, 0.1) is 6.92 Å². The predicted molar refractivity (Wildman–Crippen MR) is 412 cm³/mol. The topological polar surface area (TPSA) is 515 Å². The molecule has 8 aromatic rings. The van der Waals surface area contributed by atoms with Crippen molar-refractivity contribution in [2.45, 2.75) is 97.0 Å². The van der Waals surface area contributed by atoms with Gasteiger partial charge in [0, 0.05) is 133 Å². The van der Waals surface area contributed by atoms with Gasteiger partial charge in [0.15, 0.2) is 5.78 Å². The van der Waals surface area contributed by atoms with Crippen molar-refractivity contribution in [3.05, 3.63) is 144 Å². The number of fused-ring (bicyclic) bond motifs is 1. The van der Waals surface area contributed by atoms with Crippen LogP contribution in [-0.2, 0) is 73.8 Å². The number of aromatic amines is 1. The summed E-state index contributed by atoms with van der Waals surface area (Å²) in [6, 6.07) is 11.1. The molecule has 586 valence electrons. The second-order valence-corrected chi connectivity index (χ2v) is 29.9. The van der Waals surface area contributed by atoms with E-state index in [-0.39, 0.29) is 158 Å². The Bertz CT molecular complexity index is 4980. The lowest BCUT2D eigenvalue weighted by Crippen LogP contribution is -2.51. The number of primary amides is 3. The van der Waals surface area contributed by atoms with Gasteiger partial charge in [0.2, 0.25) is 28.9 Å². The van der Waals surface area contributed by atoms with E-state index in [2.05, 4.69) is 53.1 Å². The molecule has 10 rings (SSSR count). The summed E-state index contributed by atoms with van der Waals surface area (Å²) in [6.45, 7) is 6.05. The fraction of sp³-hybridized carbons (Fsp3) is 0.319. The summed E-state index contributed by atoms with van der Waals surface area (Å²) in [7, 11) is 0. The van der Waals surface area contributed by atoms with Crippen molar-refractivity contribution >= 4 is 156 Å². The molecule has 13 N–H and O–H groups in total. The molecule has 12 amide bonds. The standard InChI is InChI=1S/C72H75N17O18S5/c1-37-58-41(9-7-10-44(58)83-59(37)69(101)108-28-21-55-81-47(34-109-55)60-43(66-84-46(33-111-66)39(3)90)29-50(91)61(86-60)67-85-49(36-112-67)65(99)78-38(2)62(73)96)32-105-68(100)51(17-18-54-82-48(35-110-54)63(74)97)107-72(104)88-26-24-87(25-27-88)71(103)106-31-40-13-15-42(16-14-40)79-64(98)45(11-8-22-76-70(75)102)80-53(93)30-77-52(92)12-5-4-6-23-89-56(94)19-20-57(89)95/h7,9-10,13-16,19-20,29,33-36,45,51,83,91H,2,4-6,8,11-12,17-18,21-28,30-32H2,1,3H3,(H2,73,96)(H2,74,97)(H,77,92)(H,78,99)(H,79,98)(H,80,93)(H3,75,76,102). The summed E-state index contributed by atoms with van der Waals surface area (Å²) in [5.41, 5.74) is 19.5. The monoisotopic (exact) mass is 1630 g/mol. The van der Waals surface area contributed by atoms with Gasteiger partial charge in [-0.2, -0.15) is 0 Å². The zero-order valence-corrected chi connectivity index (χ0v) is 64.2. The van der Waals surface area contributed by atoms with Crippen molar-refractivity contribution in [1.29, 1.82) is 0 Å². The quantitative estimate of drug-likeness (QED) is 0.00525. The Morgan fingerprint density at radius 2 is 1.40 bits per heavy atom. The highest BCUT2D eigenvalue weighted by Gasteiger charge is 2.33. The Hall–Kier alpha value is -12.1. The maximum atomic E-state index is 14.1. The van der Waals surface area contributed by atoms with Crippen LogP contribution in [0.15, 0.2) is 94.5 Å². The molecule has 2 aromatic carbocycles. The minimum Gasteiger partial charge on any atom is -0.506 e. The summed E-state index contributed by atoms with van der Waals surface area (Å²) in [5.74, 6) is -6.08. The van der Waals surface area contributed by atoms with Crippen molar-refractivity contribution in [3.8, 4) is 38.4 Å². The number of nitrogens with one attached hydrogen (secondary N) is 6. The number of urea groups is 1. The molecule has 8 heterocycles. The number of esters is 1. The molecule has 1 saturated heterocycles. The van der Waals surface area contributed by atoms with Crippen LogP contribution in [0.4, 0.5) is 20.1 Å². The number of rotatable bonds is 36. The maximum absolute atomic E-state index is 14.1. The summed E-state index contributed by atoms with van der Waals surface area (Å²) in [6.07, 6.45) is 1.57. The summed E-state index contributed by atoms with van der Waals surface area (Å²) in [5, 5.41) is 32.0. The number of thiazole rings is 4. The molecular formula is C72H75N17O18S5. The van der Waals surface area contributed by atoms with Crippen LogP contribution in [-0.4, -0.2) is 196 Å². The summed E-state index contributed by atoms with van der Waals surface area (Å²) < 4.78 is 17.3. The van der Waals surface area contributed by atoms with Gasteiger partial charge in [-0.25, -0.2) is 44.1 Å². The number of Topliss-reactive ketones (excluding diaryl/α,β-unsaturated/α-hetero) is 1. The SMILES string of the molecule is C=C(NC(=O)c1csc(-c2nc(-c3csc(CCSC(=O)c4[nH]c5cccc(COC(=O)C(CCc6nc(C(N)=O)cs6)OC(=O)N6CCN(C(=O)OCc7ccc(NC(=O)C(CCCNC(N)=O)NC(=O)CNC(=O)CCCCCN8C(=O)C=CC8=O)cc7)CC6)c5c4C)n3)c(-c3nc(C(C)=O)cs3)cc2O)n1)C(N)=O. The third-order valence-corrected chi connectivity index (χ3v) is 21.7. The van der Waals surface area contributed by atoms with E-state index in [9.17, 15) is 72.2 Å². The number of aromatic hydroxyl groups is 1. The van der Waals surface area contributed by atoms with Crippen molar-refractivity contribution < 1.29 is 86.4 Å². The van der Waals surface area contributed by atoms with Crippen LogP contribution in [0.5, 0.6) is 5.75 Å². The average Bonchev–Trinajstić information content (AvgIpc) is 1.70. The third-order valence-electron chi connectivity index (χ3n) is 17.2. The number of thioether (sulfide) groups is 1. The fourth-order valence-electron chi connectivity index (χ4n) is 11.4. The van der Waals surface area contributed by atoms with Gasteiger partial charge in [0.1, 0.15) is 69.2 Å². The van der Waals surface area contributed by atoms with E-state index in [1.54, 1.807) is 60.1 Å². The fourth-order valence-corrected chi connectivity index (χ4v) is 15.6. The van der Waals surface area contributed by atoms with Crippen molar-refractivity contribution in [2.24, 2.45) is 17.2 Å². The number of pyridine rings is 1. The predicted octanol–water partition coefficient (Wildman–Crippen LogP) is 6.16. The van der Waals surface area contributed by atoms with Crippen molar-refractivity contribution in [3.63, 3.8) is 0 Å². The number of aryl methyl sites for hydroxylation is 3. The number of amides is 12. The highest BCUT2D eigenvalue weighted by Crippen LogP contribution is 2.41. The van der Waals surface area contributed by atoms with E-state index in [0.717, 1.165) is 50.7 Å². The number of hydrogen-bond donors (Lipinski definition) is 10. The summed E-state index contributed by atoms with van der Waals surface area (Å²) in [4.78, 5) is 207. The number of unbranched alkanes of at least 4 members (excludes halogenated alkanes) is 2. The lowest BCUT2D eigenvalue weighted by molar-refractivity contribution is -0.156. The van der Waals surface area contributed by atoms with Gasteiger partial charge in [0.05, 0.1) is 28.0 Å². The first-order chi connectivity index (χ1) is 53.7. The number of carbonyl (C=O) groups is 14. The Morgan fingerprint density at radius 1 is 0.714 bits per heavy atom. The minimum atomic E-state index is -1.48. The second-order valence-electron chi connectivity index (χ2n) is 25.2. The lowest BCUT2D eigenvalue weighted by atomic mass is 10.1. The molecule has 1 fully saturated rings. The van der Waals surface area contributed by atoms with Gasteiger partial charge in [-0.15, -0.1) is 45.3 Å². The molecule has 35 nitrogen and oxygen atoms in total. The Kier molecular flexibility index (Phi) is 28.3. The number of hydrogen-bond acceptors (Lipinski definition) is 28. The molecule has 40 heteroatoms. The average molecular weight is 1630 g/mol. The first kappa shape index (κ1) is 82.4. The van der Waals surface area contributed by atoms with E-state index in [0.29, 0.717) is 90.9 Å². The number of ketones is 1. The molecule has 2 aliphatic heterocycles. The molecule has 2 aliphatic rings. The van der Waals surface area contributed by atoms with E-state index < -0.39 is 78.3 Å². The van der Waals surface area contributed by atoms with E-state index in [1.165, 1.54) is 57.0 Å². The number of aromatic nitrogens is 6. The van der Waals surface area contributed by atoms with Crippen LogP contribution in [0.25, 0.3) is 43.6 Å². The first-order valence-electron chi connectivity index (χ1n) is 34.7. The Morgan fingerprint density at radius 3 is 2.10 bits per heavy atom. The molecule has 112 heavy (non-hydrogen) atoms. The normalized spacial score (nSPS) is 13.1. The largest absolute Gasteiger partial charge is 0.506 e. The van der Waals surface area contributed by atoms with E-state index in [1.807, 2.05) is 0 Å². The molecule has 6 aromatic heterocycles. The second kappa shape index (κ2) is 38.5. The number of ether oxygens (including phenoxy) is 3. The molecule has 0 radical (unpaired) electrons. The number of imide groups is 1. The molecule has 2 unspecified atom stereocenters. The van der Waals surface area contributed by atoms with Gasteiger partial charge < -0.3 is 77.9 Å². The number of carbonyl (C=O) groups excluding carboxylic acids is 14. The van der Waals surface area contributed by atoms with Crippen molar-refractivity contribution in [1.82, 2.24) is 65.9 Å². The first-order valence-corrected chi connectivity index (χ1v) is 39.2. The van der Waals surface area contributed by atoms with Crippen LogP contribution >= 0.6 is 57.1 Å². The number of benzene rings is 2. The summed E-state index contributed by atoms with van der Waals surface area (Å²) >= 11 is 5.63. The molecule has 0 aliphatic carbocycles. The Balaban J connectivity index is 0.703. The zero-order valence-electron chi connectivity index (χ0n) is 60.1. The molecule has 0 bridgehead atoms. The zero-order chi connectivity index (χ0) is 80.3. The maximum Gasteiger partial charge on any atom is 0.410 e. The lowest BCUT2D eigenvalue weighted by Gasteiger charge is -2.34. The number of anilines is 1. The third kappa shape index (κ3) is 22.1. The highest BCUT2D eigenvalue weighted by molar-refractivity contribution is 8.14. The molecule has 2 atom stereocenters.